The molecule has 4 rings (SSSR count). The third kappa shape index (κ3) is 6.31. The fourth-order valence-corrected chi connectivity index (χ4v) is 18.2. The maximum atomic E-state index is 13.4. The van der Waals surface area contributed by atoms with E-state index < -0.39 is 34.8 Å². The van der Waals surface area contributed by atoms with Crippen LogP contribution < -0.4 is 0 Å². The van der Waals surface area contributed by atoms with E-state index in [1.165, 1.54) is 5.56 Å². The minimum atomic E-state index is -2.91. The van der Waals surface area contributed by atoms with Crippen LogP contribution in [0.2, 0.25) is 22.2 Å². The Balaban J connectivity index is 1.76. The predicted molar refractivity (Wildman–Crippen MR) is 165 cm³/mol. The lowest BCUT2D eigenvalue weighted by Crippen LogP contribution is -2.66. The fraction of sp³-hybridized carbons (Fsp3) is 0.581. The van der Waals surface area contributed by atoms with Gasteiger partial charge in [-0.25, -0.2) is 4.79 Å². The lowest BCUT2D eigenvalue weighted by molar-refractivity contribution is -0.0366. The van der Waals surface area contributed by atoms with Crippen LogP contribution in [0.5, 0.6) is 0 Å². The summed E-state index contributed by atoms with van der Waals surface area (Å²) in [4.78, 5) is 14.4. The number of hydrogen-bond acceptors (Lipinski definition) is 7. The van der Waals surface area contributed by atoms with Gasteiger partial charge in [0.25, 0.3) is 0 Å². The number of hydrogen-bond donors (Lipinski definition) is 0. The molecule has 0 saturated carbocycles. The normalized spacial score (nSPS) is 26.1. The van der Waals surface area contributed by atoms with Crippen LogP contribution in [0.4, 0.5) is 0 Å². The quantitative estimate of drug-likeness (QED) is 0.224. The van der Waals surface area contributed by atoms with E-state index in [9.17, 15) is 4.79 Å². The number of ether oxygens (including phenoxy) is 2. The van der Waals surface area contributed by atoms with Gasteiger partial charge in [-0.15, -0.1) is 0 Å². The SMILES string of the molecule is Cc1ccc(S[C@H]2O[C@@H]3CO[Si](C(C)C)(C(C)C)O[Si](C(C)C)(C(C)C)O[C@H]3[C@@H]2OC(=O)c2ccccc2)cc1. The summed E-state index contributed by atoms with van der Waals surface area (Å²) >= 11 is 1.57. The molecule has 2 fully saturated rings. The van der Waals surface area contributed by atoms with Gasteiger partial charge in [0.2, 0.25) is 0 Å². The summed E-state index contributed by atoms with van der Waals surface area (Å²) in [5.74, 6) is -0.383. The van der Waals surface area contributed by atoms with Gasteiger partial charge in [0.15, 0.2) is 6.10 Å². The average molecular weight is 603 g/mol. The van der Waals surface area contributed by atoms with Crippen LogP contribution in [0.3, 0.4) is 0 Å². The molecule has 6 nitrogen and oxygen atoms in total. The molecule has 0 bridgehead atoms. The number of thioether (sulfide) groups is 1. The van der Waals surface area contributed by atoms with Crippen molar-refractivity contribution in [3.05, 3.63) is 65.7 Å². The molecule has 40 heavy (non-hydrogen) atoms. The molecule has 2 aromatic carbocycles. The zero-order valence-electron chi connectivity index (χ0n) is 25.4. The Kier molecular flexibility index (Phi) is 10.1. The summed E-state index contributed by atoms with van der Waals surface area (Å²) in [5, 5.41) is 0. The highest BCUT2D eigenvalue weighted by atomic mass is 32.2. The summed E-state index contributed by atoms with van der Waals surface area (Å²) in [7, 11) is -5.62. The molecule has 0 radical (unpaired) electrons. The Morgan fingerprint density at radius 2 is 1.43 bits per heavy atom. The third-order valence-electron chi connectivity index (χ3n) is 8.12. The molecule has 4 atom stereocenters. The summed E-state index contributed by atoms with van der Waals surface area (Å²) in [5.41, 5.74) is 2.04. The summed E-state index contributed by atoms with van der Waals surface area (Å²) < 4.78 is 34.5. The number of benzene rings is 2. The Morgan fingerprint density at radius 3 is 1.98 bits per heavy atom. The molecule has 0 spiro atoms. The molecule has 2 aromatic rings. The van der Waals surface area contributed by atoms with Gasteiger partial charge >= 0.3 is 23.1 Å². The molecule has 2 aliphatic heterocycles. The number of rotatable bonds is 8. The molecule has 220 valence electrons. The van der Waals surface area contributed by atoms with Crippen molar-refractivity contribution in [2.24, 2.45) is 0 Å². The van der Waals surface area contributed by atoms with Crippen LogP contribution in [0.1, 0.15) is 71.3 Å². The standard InChI is InChI=1S/C31H46O6SSi2/c1-20(2)39(21(3)4)33-19-27-28(36-40(37-39,22(5)6)23(7)8)29(35-30(32)25-13-11-10-12-14-25)31(34-27)38-26-17-15-24(9)16-18-26/h10-18,20-23,27-29,31H,19H2,1-9H3/t27-,28-,29+,31-/m1/s1. The van der Waals surface area contributed by atoms with Crippen LogP contribution in [0.15, 0.2) is 59.5 Å². The zero-order chi connectivity index (χ0) is 29.2. The van der Waals surface area contributed by atoms with Crippen molar-refractivity contribution >= 4 is 34.9 Å². The van der Waals surface area contributed by atoms with Crippen molar-refractivity contribution in [3.63, 3.8) is 0 Å². The number of carbonyl (C=O) groups is 1. The molecule has 0 N–H and O–H groups in total. The van der Waals surface area contributed by atoms with Gasteiger partial charge in [-0.3, -0.25) is 0 Å². The van der Waals surface area contributed by atoms with Gasteiger partial charge in [-0.2, -0.15) is 0 Å². The first-order chi connectivity index (χ1) is 18.9. The predicted octanol–water partition coefficient (Wildman–Crippen LogP) is 7.99. The van der Waals surface area contributed by atoms with Crippen LogP contribution in [0, 0.1) is 6.92 Å². The maximum Gasteiger partial charge on any atom is 0.338 e. The van der Waals surface area contributed by atoms with Crippen molar-refractivity contribution in [3.8, 4) is 0 Å². The third-order valence-corrected chi connectivity index (χ3v) is 19.5. The molecule has 2 heterocycles. The smallest absolute Gasteiger partial charge is 0.338 e. The van der Waals surface area contributed by atoms with Crippen molar-refractivity contribution in [2.75, 3.05) is 6.61 Å². The van der Waals surface area contributed by atoms with E-state index in [0.29, 0.717) is 12.2 Å². The van der Waals surface area contributed by atoms with Gasteiger partial charge in [0.1, 0.15) is 17.6 Å². The Labute approximate surface area is 247 Å². The number of carbonyl (C=O) groups excluding carboxylic acids is 1. The summed E-state index contributed by atoms with van der Waals surface area (Å²) in [6.07, 6.45) is -1.51. The molecular weight excluding hydrogens is 557 g/mol. The molecule has 9 heteroatoms. The van der Waals surface area contributed by atoms with Gasteiger partial charge in [0, 0.05) is 4.90 Å². The number of fused-ring (bicyclic) bond motifs is 1. The topological polar surface area (TPSA) is 63.2 Å². The zero-order valence-corrected chi connectivity index (χ0v) is 28.2. The van der Waals surface area contributed by atoms with E-state index in [1.807, 2.05) is 18.2 Å². The summed E-state index contributed by atoms with van der Waals surface area (Å²) in [6, 6.07) is 17.4. The first-order valence-corrected chi connectivity index (χ1v) is 19.4. The average Bonchev–Trinajstić information content (AvgIpc) is 3.19. The molecular formula is C31H46O6SSi2. The molecule has 0 amide bonds. The first kappa shape index (κ1) is 31.5. The van der Waals surface area contributed by atoms with Crippen LogP contribution >= 0.6 is 11.8 Å². The lowest BCUT2D eigenvalue weighted by atomic mass is 10.1. The van der Waals surface area contributed by atoms with E-state index in [4.69, 9.17) is 22.4 Å². The van der Waals surface area contributed by atoms with E-state index in [0.717, 1.165) is 4.90 Å². The highest BCUT2D eigenvalue weighted by Crippen LogP contribution is 2.49. The second kappa shape index (κ2) is 12.8. The largest absolute Gasteiger partial charge is 0.452 e. The fourth-order valence-electron chi connectivity index (χ4n) is 5.84. The molecule has 2 aliphatic rings. The monoisotopic (exact) mass is 602 g/mol. The van der Waals surface area contributed by atoms with Crippen molar-refractivity contribution in [1.29, 1.82) is 0 Å². The van der Waals surface area contributed by atoms with Gasteiger partial charge in [-0.1, -0.05) is 103 Å². The maximum absolute atomic E-state index is 13.4. The Bertz CT molecular complexity index is 1110. The van der Waals surface area contributed by atoms with Gasteiger partial charge < -0.3 is 22.4 Å². The van der Waals surface area contributed by atoms with E-state index in [-0.39, 0.29) is 34.2 Å². The van der Waals surface area contributed by atoms with Crippen molar-refractivity contribution in [2.45, 2.75) is 113 Å². The molecule has 0 aromatic heterocycles. The molecule has 0 aliphatic carbocycles. The molecule has 0 unspecified atom stereocenters. The van der Waals surface area contributed by atoms with Gasteiger partial charge in [0.05, 0.1) is 12.2 Å². The highest BCUT2D eigenvalue weighted by Gasteiger charge is 2.62. The Morgan fingerprint density at radius 1 is 0.850 bits per heavy atom. The van der Waals surface area contributed by atoms with E-state index in [2.05, 4.69) is 86.6 Å². The number of esters is 1. The summed E-state index contributed by atoms with van der Waals surface area (Å²) in [6.45, 7) is 20.0. The van der Waals surface area contributed by atoms with E-state index >= 15 is 0 Å². The molecule has 2 saturated heterocycles. The van der Waals surface area contributed by atoms with E-state index in [1.54, 1.807) is 23.9 Å². The first-order valence-electron chi connectivity index (χ1n) is 14.6. The minimum Gasteiger partial charge on any atom is -0.452 e. The van der Waals surface area contributed by atoms with Gasteiger partial charge in [-0.05, 0) is 53.4 Å². The van der Waals surface area contributed by atoms with Crippen LogP contribution in [0.25, 0.3) is 0 Å². The number of aryl methyl sites for hydroxylation is 1. The highest BCUT2D eigenvalue weighted by molar-refractivity contribution is 7.99. The lowest BCUT2D eigenvalue weighted by Gasteiger charge is -2.51. The van der Waals surface area contributed by atoms with Crippen molar-refractivity contribution in [1.82, 2.24) is 0 Å². The second-order valence-electron chi connectivity index (χ2n) is 12.3. The van der Waals surface area contributed by atoms with Crippen LogP contribution in [-0.2, 0) is 22.4 Å². The minimum absolute atomic E-state index is 0.161. The second-order valence-corrected chi connectivity index (χ2v) is 22.3. The van der Waals surface area contributed by atoms with Crippen molar-refractivity contribution < 1.29 is 27.2 Å². The Hall–Kier alpha value is -1.47. The van der Waals surface area contributed by atoms with Crippen LogP contribution in [-0.4, -0.2) is 53.4 Å².